The summed E-state index contributed by atoms with van der Waals surface area (Å²) in [5.74, 6) is -0.0845. The molecule has 1 fully saturated rings. The first-order chi connectivity index (χ1) is 7.09. The maximum atomic E-state index is 11.5. The monoisotopic (exact) mass is 213 g/mol. The minimum absolute atomic E-state index is 0.000200. The summed E-state index contributed by atoms with van der Waals surface area (Å²) in [6.07, 6.45) is 4.99. The average Bonchev–Trinajstić information content (AvgIpc) is 2.30. The largest absolute Gasteiger partial charge is 0.462 e. The van der Waals surface area contributed by atoms with Crippen molar-refractivity contribution in [1.29, 1.82) is 0 Å². The average molecular weight is 213 g/mol. The molecule has 0 bridgehead atoms. The number of carbonyl (C=O) groups excluding carboxylic acids is 1. The molecule has 0 aromatic carbocycles. The molecule has 0 aromatic heterocycles. The highest BCUT2D eigenvalue weighted by molar-refractivity contribution is 5.71. The molecule has 0 saturated carbocycles. The summed E-state index contributed by atoms with van der Waals surface area (Å²) >= 11 is 0. The van der Waals surface area contributed by atoms with Gasteiger partial charge in [0.25, 0.3) is 0 Å². The number of hydrogen-bond donors (Lipinski definition) is 0. The van der Waals surface area contributed by atoms with E-state index < -0.39 is 0 Å². The summed E-state index contributed by atoms with van der Waals surface area (Å²) in [6.45, 7) is 7.48. The smallest absolute Gasteiger partial charge is 0.320 e. The lowest BCUT2D eigenvalue weighted by Crippen LogP contribution is -2.38. The second-order valence-electron chi connectivity index (χ2n) is 4.71. The lowest BCUT2D eigenvalue weighted by atomic mass is 10.1. The molecule has 88 valence electrons. The van der Waals surface area contributed by atoms with Gasteiger partial charge in [-0.1, -0.05) is 12.8 Å². The topological polar surface area (TPSA) is 29.5 Å². The van der Waals surface area contributed by atoms with E-state index in [2.05, 4.69) is 11.8 Å². The van der Waals surface area contributed by atoms with Gasteiger partial charge in [-0.25, -0.2) is 0 Å². The Morgan fingerprint density at radius 2 is 2.13 bits per heavy atom. The molecule has 0 aromatic rings. The van der Waals surface area contributed by atoms with Crippen molar-refractivity contribution in [3.8, 4) is 0 Å². The number of likely N-dealkylation sites (tertiary alicyclic amines) is 1. The van der Waals surface area contributed by atoms with Crippen LogP contribution in [0, 0.1) is 0 Å². The van der Waals surface area contributed by atoms with Crippen LogP contribution in [0.3, 0.4) is 0 Å². The zero-order valence-electron chi connectivity index (χ0n) is 10.2. The van der Waals surface area contributed by atoms with Crippen molar-refractivity contribution in [3.05, 3.63) is 0 Å². The van der Waals surface area contributed by atoms with E-state index in [1.807, 2.05) is 13.8 Å². The third-order valence-corrected chi connectivity index (χ3v) is 2.89. The second-order valence-corrected chi connectivity index (χ2v) is 4.71. The predicted molar refractivity (Wildman–Crippen MR) is 60.7 cm³/mol. The zero-order chi connectivity index (χ0) is 11.3. The molecular formula is C12H23NO2. The Hall–Kier alpha value is -0.570. The molecule has 3 nitrogen and oxygen atoms in total. The van der Waals surface area contributed by atoms with Crippen LogP contribution in [-0.2, 0) is 9.53 Å². The molecule has 1 unspecified atom stereocenters. The Morgan fingerprint density at radius 3 is 2.80 bits per heavy atom. The van der Waals surface area contributed by atoms with Crippen LogP contribution in [0.4, 0.5) is 0 Å². The Bertz CT molecular complexity index is 204. The highest BCUT2D eigenvalue weighted by atomic mass is 16.5. The van der Waals surface area contributed by atoms with Gasteiger partial charge < -0.3 is 4.74 Å². The van der Waals surface area contributed by atoms with E-state index in [0.29, 0.717) is 12.6 Å². The molecule has 1 atom stereocenters. The first kappa shape index (κ1) is 12.5. The maximum absolute atomic E-state index is 11.5. The van der Waals surface area contributed by atoms with Crippen LogP contribution in [-0.4, -0.2) is 36.1 Å². The molecule has 1 aliphatic rings. The molecule has 0 amide bonds. The molecule has 0 radical (unpaired) electrons. The molecule has 1 saturated heterocycles. The van der Waals surface area contributed by atoms with Crippen molar-refractivity contribution >= 4 is 5.97 Å². The van der Waals surface area contributed by atoms with Crippen molar-refractivity contribution in [2.24, 2.45) is 0 Å². The maximum Gasteiger partial charge on any atom is 0.320 e. The van der Waals surface area contributed by atoms with E-state index in [4.69, 9.17) is 4.74 Å². The zero-order valence-corrected chi connectivity index (χ0v) is 10.2. The van der Waals surface area contributed by atoms with Crippen LogP contribution < -0.4 is 0 Å². The van der Waals surface area contributed by atoms with E-state index in [9.17, 15) is 4.79 Å². The first-order valence-corrected chi connectivity index (χ1v) is 6.03. The third-order valence-electron chi connectivity index (χ3n) is 2.89. The molecule has 0 N–H and O–H groups in total. The molecule has 15 heavy (non-hydrogen) atoms. The van der Waals surface area contributed by atoms with Crippen LogP contribution in [0.15, 0.2) is 0 Å². The molecule has 1 rings (SSSR count). The molecule has 0 aliphatic carbocycles. The predicted octanol–water partition coefficient (Wildman–Crippen LogP) is 2.20. The van der Waals surface area contributed by atoms with Crippen LogP contribution in [0.25, 0.3) is 0 Å². The van der Waals surface area contributed by atoms with Gasteiger partial charge in [0.1, 0.15) is 0 Å². The van der Waals surface area contributed by atoms with Gasteiger partial charge in [0.05, 0.1) is 12.6 Å². The van der Waals surface area contributed by atoms with Crippen LogP contribution in [0.2, 0.25) is 0 Å². The standard InChI is InChI=1S/C12H23NO2/c1-10(2)15-12(14)9-13-8-6-4-5-7-11(13)3/h10-11H,4-9H2,1-3H3. The van der Waals surface area contributed by atoms with E-state index in [0.717, 1.165) is 6.54 Å². The van der Waals surface area contributed by atoms with Crippen LogP contribution >= 0.6 is 0 Å². The molecular weight excluding hydrogens is 190 g/mol. The van der Waals surface area contributed by atoms with Gasteiger partial charge in [0.15, 0.2) is 0 Å². The van der Waals surface area contributed by atoms with Gasteiger partial charge in [-0.15, -0.1) is 0 Å². The van der Waals surface area contributed by atoms with Crippen LogP contribution in [0.5, 0.6) is 0 Å². The minimum Gasteiger partial charge on any atom is -0.462 e. The number of esters is 1. The number of nitrogens with zero attached hydrogens (tertiary/aromatic N) is 1. The van der Waals surface area contributed by atoms with Gasteiger partial charge in [-0.2, -0.15) is 0 Å². The van der Waals surface area contributed by atoms with Gasteiger partial charge in [-0.05, 0) is 40.2 Å². The number of rotatable bonds is 3. The van der Waals surface area contributed by atoms with Gasteiger partial charge in [0.2, 0.25) is 0 Å². The normalized spacial score (nSPS) is 23.9. The first-order valence-electron chi connectivity index (χ1n) is 6.03. The molecule has 0 spiro atoms. The van der Waals surface area contributed by atoms with Crippen molar-refractivity contribution < 1.29 is 9.53 Å². The Labute approximate surface area is 92.8 Å². The second kappa shape index (κ2) is 6.11. The summed E-state index contributed by atoms with van der Waals surface area (Å²) < 4.78 is 5.16. The van der Waals surface area contributed by atoms with E-state index in [1.165, 1.54) is 25.7 Å². The number of carbonyl (C=O) groups is 1. The Kier molecular flexibility index (Phi) is 5.09. The van der Waals surface area contributed by atoms with Gasteiger partial charge >= 0.3 is 5.97 Å². The third kappa shape index (κ3) is 4.65. The summed E-state index contributed by atoms with van der Waals surface area (Å²) in [6, 6.07) is 0.521. The number of ether oxygens (including phenoxy) is 1. The Balaban J connectivity index is 2.37. The fourth-order valence-electron chi connectivity index (χ4n) is 2.04. The van der Waals surface area contributed by atoms with Crippen LogP contribution in [0.1, 0.15) is 46.5 Å². The van der Waals surface area contributed by atoms with Crippen molar-refractivity contribution in [2.45, 2.75) is 58.6 Å². The molecule has 1 heterocycles. The van der Waals surface area contributed by atoms with Crippen molar-refractivity contribution in [1.82, 2.24) is 4.90 Å². The lowest BCUT2D eigenvalue weighted by Gasteiger charge is -2.26. The highest BCUT2D eigenvalue weighted by Gasteiger charge is 2.20. The summed E-state index contributed by atoms with van der Waals surface area (Å²) in [4.78, 5) is 13.8. The SMILES string of the molecule is CC(C)OC(=O)CN1CCCCCC1C. The van der Waals surface area contributed by atoms with Gasteiger partial charge in [-0.3, -0.25) is 9.69 Å². The summed E-state index contributed by atoms with van der Waals surface area (Å²) in [7, 11) is 0. The summed E-state index contributed by atoms with van der Waals surface area (Å²) in [5.41, 5.74) is 0. The van der Waals surface area contributed by atoms with E-state index >= 15 is 0 Å². The molecule has 3 heteroatoms. The fourth-order valence-corrected chi connectivity index (χ4v) is 2.04. The number of hydrogen-bond acceptors (Lipinski definition) is 3. The highest BCUT2D eigenvalue weighted by Crippen LogP contribution is 2.15. The van der Waals surface area contributed by atoms with Crippen molar-refractivity contribution in [3.63, 3.8) is 0 Å². The van der Waals surface area contributed by atoms with Gasteiger partial charge in [0, 0.05) is 6.04 Å². The van der Waals surface area contributed by atoms with E-state index in [-0.39, 0.29) is 12.1 Å². The quantitative estimate of drug-likeness (QED) is 0.673. The van der Waals surface area contributed by atoms with Crippen molar-refractivity contribution in [2.75, 3.05) is 13.1 Å². The fraction of sp³-hybridized carbons (Fsp3) is 0.917. The lowest BCUT2D eigenvalue weighted by molar-refractivity contribution is -0.149. The molecule has 1 aliphatic heterocycles. The Morgan fingerprint density at radius 1 is 1.40 bits per heavy atom. The van der Waals surface area contributed by atoms with E-state index in [1.54, 1.807) is 0 Å². The summed E-state index contributed by atoms with van der Waals surface area (Å²) in [5, 5.41) is 0. The minimum atomic E-state index is -0.0845.